The van der Waals surface area contributed by atoms with Gasteiger partial charge in [-0.05, 0) is 5.92 Å². The van der Waals surface area contributed by atoms with Gasteiger partial charge in [-0.1, -0.05) is 27.7 Å². The monoisotopic (exact) mass is 327 g/mol. The molecule has 0 aliphatic rings. The van der Waals surface area contributed by atoms with E-state index in [-0.39, 0.29) is 12.0 Å². The Hall–Kier alpha value is -2.44. The number of aryl methyl sites for hydroxylation is 2. The van der Waals surface area contributed by atoms with Gasteiger partial charge in [-0.15, -0.1) is 0 Å². The SMILES string of the molecule is CC(C)c1nc(N[C@@H](c2nccn2C)C(C)C)c2cnn(C)c2n1. The smallest absolute Gasteiger partial charge is 0.163 e. The number of nitrogens with one attached hydrogen (secondary N) is 1. The van der Waals surface area contributed by atoms with E-state index in [0.29, 0.717) is 5.92 Å². The number of rotatable bonds is 5. The molecule has 0 saturated heterocycles. The van der Waals surface area contributed by atoms with Crippen molar-refractivity contribution in [1.29, 1.82) is 0 Å². The fourth-order valence-corrected chi connectivity index (χ4v) is 2.76. The first-order valence-electron chi connectivity index (χ1n) is 8.32. The second kappa shape index (κ2) is 6.22. The Labute approximate surface area is 142 Å². The van der Waals surface area contributed by atoms with Gasteiger partial charge in [-0.25, -0.2) is 15.0 Å². The lowest BCUT2D eigenvalue weighted by Crippen LogP contribution is -2.21. The molecule has 0 saturated carbocycles. The highest BCUT2D eigenvalue weighted by molar-refractivity contribution is 5.86. The zero-order valence-electron chi connectivity index (χ0n) is 15.1. The van der Waals surface area contributed by atoms with Crippen LogP contribution in [0.2, 0.25) is 0 Å². The molecule has 0 bridgehead atoms. The first kappa shape index (κ1) is 16.4. The van der Waals surface area contributed by atoms with Crippen molar-refractivity contribution in [1.82, 2.24) is 29.3 Å². The molecule has 0 fully saturated rings. The van der Waals surface area contributed by atoms with Crippen molar-refractivity contribution in [3.05, 3.63) is 30.2 Å². The van der Waals surface area contributed by atoms with E-state index in [1.807, 2.05) is 37.3 Å². The summed E-state index contributed by atoms with van der Waals surface area (Å²) in [5.41, 5.74) is 0.846. The van der Waals surface area contributed by atoms with Gasteiger partial charge in [0, 0.05) is 32.4 Å². The Morgan fingerprint density at radius 1 is 1.08 bits per heavy atom. The maximum absolute atomic E-state index is 4.76. The Balaban J connectivity index is 2.09. The van der Waals surface area contributed by atoms with Crippen molar-refractivity contribution in [3.63, 3.8) is 0 Å². The Kier molecular flexibility index (Phi) is 4.26. The molecule has 1 atom stereocenters. The number of imidazole rings is 1. The maximum atomic E-state index is 4.76. The molecular weight excluding hydrogens is 302 g/mol. The van der Waals surface area contributed by atoms with Crippen molar-refractivity contribution in [3.8, 4) is 0 Å². The Bertz CT molecular complexity index is 844. The molecule has 7 nitrogen and oxygen atoms in total. The highest BCUT2D eigenvalue weighted by Gasteiger charge is 2.23. The van der Waals surface area contributed by atoms with Gasteiger partial charge >= 0.3 is 0 Å². The summed E-state index contributed by atoms with van der Waals surface area (Å²) < 4.78 is 3.84. The fourth-order valence-electron chi connectivity index (χ4n) is 2.76. The van der Waals surface area contributed by atoms with Crippen molar-refractivity contribution in [2.24, 2.45) is 20.0 Å². The summed E-state index contributed by atoms with van der Waals surface area (Å²) >= 11 is 0. The van der Waals surface area contributed by atoms with Gasteiger partial charge in [0.05, 0.1) is 17.6 Å². The summed E-state index contributed by atoms with van der Waals surface area (Å²) in [5.74, 6) is 3.23. The predicted octanol–water partition coefficient (Wildman–Crippen LogP) is 3.03. The summed E-state index contributed by atoms with van der Waals surface area (Å²) in [6.45, 7) is 8.55. The summed E-state index contributed by atoms with van der Waals surface area (Å²) in [5, 5.41) is 8.86. The van der Waals surface area contributed by atoms with Crippen LogP contribution in [0, 0.1) is 5.92 Å². The number of hydrogen-bond donors (Lipinski definition) is 1. The zero-order chi connectivity index (χ0) is 17.4. The summed E-state index contributed by atoms with van der Waals surface area (Å²) in [6, 6.07) is 0.0586. The third-order valence-electron chi connectivity index (χ3n) is 4.22. The topological polar surface area (TPSA) is 73.5 Å². The largest absolute Gasteiger partial charge is 0.359 e. The zero-order valence-corrected chi connectivity index (χ0v) is 15.1. The maximum Gasteiger partial charge on any atom is 0.163 e. The van der Waals surface area contributed by atoms with Crippen LogP contribution in [0.3, 0.4) is 0 Å². The van der Waals surface area contributed by atoms with Gasteiger partial charge < -0.3 is 9.88 Å². The van der Waals surface area contributed by atoms with E-state index in [1.54, 1.807) is 4.68 Å². The van der Waals surface area contributed by atoms with Crippen LogP contribution in [0.1, 0.15) is 51.3 Å². The lowest BCUT2D eigenvalue weighted by atomic mass is 10.0. The summed E-state index contributed by atoms with van der Waals surface area (Å²) in [7, 11) is 3.92. The summed E-state index contributed by atoms with van der Waals surface area (Å²) in [6.07, 6.45) is 5.61. The number of anilines is 1. The first-order valence-corrected chi connectivity index (χ1v) is 8.32. The lowest BCUT2D eigenvalue weighted by Gasteiger charge is -2.23. The van der Waals surface area contributed by atoms with Gasteiger partial charge in [-0.3, -0.25) is 4.68 Å². The van der Waals surface area contributed by atoms with Crippen molar-refractivity contribution in [2.75, 3.05) is 5.32 Å². The molecule has 3 heterocycles. The number of nitrogens with zero attached hydrogens (tertiary/aromatic N) is 6. The Morgan fingerprint density at radius 3 is 2.42 bits per heavy atom. The van der Waals surface area contributed by atoms with Crippen molar-refractivity contribution >= 4 is 16.9 Å². The van der Waals surface area contributed by atoms with Gasteiger partial charge in [0.25, 0.3) is 0 Å². The van der Waals surface area contributed by atoms with E-state index in [1.165, 1.54) is 0 Å². The van der Waals surface area contributed by atoms with Crippen LogP contribution in [-0.4, -0.2) is 29.3 Å². The van der Waals surface area contributed by atoms with Gasteiger partial charge in [0.1, 0.15) is 17.5 Å². The molecule has 0 aliphatic heterocycles. The van der Waals surface area contributed by atoms with E-state index in [0.717, 1.165) is 28.5 Å². The minimum absolute atomic E-state index is 0.0586. The van der Waals surface area contributed by atoms with Gasteiger partial charge in [0.2, 0.25) is 0 Å². The Morgan fingerprint density at radius 2 is 1.83 bits per heavy atom. The molecular formula is C17H25N7. The first-order chi connectivity index (χ1) is 11.4. The van der Waals surface area contributed by atoms with E-state index >= 15 is 0 Å². The third-order valence-corrected chi connectivity index (χ3v) is 4.22. The highest BCUT2D eigenvalue weighted by Crippen LogP contribution is 2.29. The summed E-state index contributed by atoms with van der Waals surface area (Å²) in [4.78, 5) is 13.9. The minimum atomic E-state index is 0.0586. The molecule has 0 aromatic carbocycles. The molecule has 0 unspecified atom stereocenters. The molecule has 3 aromatic rings. The molecule has 1 N–H and O–H groups in total. The van der Waals surface area contributed by atoms with E-state index in [4.69, 9.17) is 4.98 Å². The van der Waals surface area contributed by atoms with Crippen LogP contribution in [0.15, 0.2) is 18.6 Å². The normalized spacial score (nSPS) is 13.2. The highest BCUT2D eigenvalue weighted by atomic mass is 15.3. The number of fused-ring (bicyclic) bond motifs is 1. The molecule has 7 heteroatoms. The molecule has 24 heavy (non-hydrogen) atoms. The molecule has 3 aromatic heterocycles. The van der Waals surface area contributed by atoms with Crippen molar-refractivity contribution < 1.29 is 0 Å². The molecule has 3 rings (SSSR count). The third kappa shape index (κ3) is 2.86. The molecule has 0 aliphatic carbocycles. The lowest BCUT2D eigenvalue weighted by molar-refractivity contribution is 0.506. The van der Waals surface area contributed by atoms with E-state index < -0.39 is 0 Å². The van der Waals surface area contributed by atoms with E-state index in [9.17, 15) is 0 Å². The van der Waals surface area contributed by atoms with Crippen LogP contribution in [0.25, 0.3) is 11.0 Å². The quantitative estimate of drug-likeness (QED) is 0.780. The van der Waals surface area contributed by atoms with Crippen LogP contribution in [0.4, 0.5) is 5.82 Å². The number of aromatic nitrogens is 6. The molecule has 128 valence electrons. The predicted molar refractivity (Wildman–Crippen MR) is 94.8 cm³/mol. The van der Waals surface area contributed by atoms with Crippen LogP contribution < -0.4 is 5.32 Å². The van der Waals surface area contributed by atoms with Gasteiger partial charge in [-0.2, -0.15) is 5.10 Å². The molecule has 0 radical (unpaired) electrons. The van der Waals surface area contributed by atoms with Crippen LogP contribution in [-0.2, 0) is 14.1 Å². The van der Waals surface area contributed by atoms with E-state index in [2.05, 4.69) is 48.1 Å². The van der Waals surface area contributed by atoms with Gasteiger partial charge in [0.15, 0.2) is 5.65 Å². The minimum Gasteiger partial charge on any atom is -0.359 e. The second-order valence-corrected chi connectivity index (χ2v) is 6.85. The molecule has 0 amide bonds. The second-order valence-electron chi connectivity index (χ2n) is 6.85. The number of hydrogen-bond acceptors (Lipinski definition) is 5. The average Bonchev–Trinajstić information content (AvgIpc) is 3.11. The average molecular weight is 327 g/mol. The van der Waals surface area contributed by atoms with Crippen LogP contribution >= 0.6 is 0 Å². The van der Waals surface area contributed by atoms with Crippen molar-refractivity contribution in [2.45, 2.75) is 39.7 Å². The standard InChI is InChI=1S/C17H25N7/c1-10(2)13(17-18-7-8-23(17)5)20-15-12-9-19-24(6)16(12)22-14(21-15)11(3)4/h7-11,13H,1-6H3,(H,20,21,22)/t13-/m1/s1. The van der Waals surface area contributed by atoms with Crippen LogP contribution in [0.5, 0.6) is 0 Å². The fraction of sp³-hybridized carbons (Fsp3) is 0.529. The molecule has 0 spiro atoms.